The SMILES string of the molecule is Cc1nc(-c2ccc3c(c2)N(CC(=O)c2cc4ccccc4o2)C(=O)CO3)cs1. The van der Waals surface area contributed by atoms with Gasteiger partial charge in [0.1, 0.15) is 11.3 Å². The molecule has 0 aliphatic carbocycles. The summed E-state index contributed by atoms with van der Waals surface area (Å²) in [5, 5.41) is 3.78. The minimum atomic E-state index is -0.270. The van der Waals surface area contributed by atoms with Crippen LogP contribution in [0.4, 0.5) is 5.69 Å². The topological polar surface area (TPSA) is 72.6 Å². The smallest absolute Gasteiger partial charge is 0.265 e. The largest absolute Gasteiger partial charge is 0.482 e. The van der Waals surface area contributed by atoms with Gasteiger partial charge >= 0.3 is 0 Å². The zero-order chi connectivity index (χ0) is 20.0. The Morgan fingerprint density at radius 2 is 2.07 bits per heavy atom. The summed E-state index contributed by atoms with van der Waals surface area (Å²) in [5.41, 5.74) is 2.91. The number of carbonyl (C=O) groups excluding carboxylic acids is 2. The second-order valence-corrected chi connectivity index (χ2v) is 7.84. The number of hydrogen-bond acceptors (Lipinski definition) is 6. The Bertz CT molecular complexity index is 1220. The highest BCUT2D eigenvalue weighted by Gasteiger charge is 2.29. The van der Waals surface area contributed by atoms with Crippen molar-refractivity contribution in [2.24, 2.45) is 0 Å². The van der Waals surface area contributed by atoms with Gasteiger partial charge in [0, 0.05) is 16.3 Å². The second kappa shape index (κ2) is 6.86. The van der Waals surface area contributed by atoms with Gasteiger partial charge in [-0.25, -0.2) is 4.98 Å². The van der Waals surface area contributed by atoms with E-state index in [1.54, 1.807) is 17.4 Å². The first kappa shape index (κ1) is 17.6. The molecule has 3 heterocycles. The van der Waals surface area contributed by atoms with Gasteiger partial charge in [0.05, 0.1) is 22.9 Å². The number of hydrogen-bond donors (Lipinski definition) is 0. The van der Waals surface area contributed by atoms with E-state index in [0.29, 0.717) is 17.0 Å². The van der Waals surface area contributed by atoms with Crippen LogP contribution in [-0.2, 0) is 4.79 Å². The van der Waals surface area contributed by atoms with E-state index < -0.39 is 0 Å². The van der Waals surface area contributed by atoms with E-state index in [-0.39, 0.29) is 30.6 Å². The maximum atomic E-state index is 12.9. The summed E-state index contributed by atoms with van der Waals surface area (Å²) in [4.78, 5) is 31.4. The average Bonchev–Trinajstić information content (AvgIpc) is 3.36. The van der Waals surface area contributed by atoms with Crippen LogP contribution in [0.3, 0.4) is 0 Å². The number of aryl methyl sites for hydroxylation is 1. The van der Waals surface area contributed by atoms with Crippen molar-refractivity contribution < 1.29 is 18.7 Å². The molecule has 0 atom stereocenters. The molecule has 1 aliphatic heterocycles. The molecule has 2 aromatic carbocycles. The normalized spacial score (nSPS) is 13.4. The van der Waals surface area contributed by atoms with Crippen molar-refractivity contribution >= 4 is 39.7 Å². The lowest BCUT2D eigenvalue weighted by Gasteiger charge is -2.29. The van der Waals surface area contributed by atoms with E-state index >= 15 is 0 Å². The molecule has 29 heavy (non-hydrogen) atoms. The zero-order valence-corrected chi connectivity index (χ0v) is 16.4. The fourth-order valence-electron chi connectivity index (χ4n) is 3.37. The summed E-state index contributed by atoms with van der Waals surface area (Å²) >= 11 is 1.56. The molecule has 1 amide bonds. The van der Waals surface area contributed by atoms with Crippen molar-refractivity contribution in [3.8, 4) is 17.0 Å². The van der Waals surface area contributed by atoms with Gasteiger partial charge < -0.3 is 9.15 Å². The van der Waals surface area contributed by atoms with Crippen LogP contribution >= 0.6 is 11.3 Å². The van der Waals surface area contributed by atoms with Gasteiger partial charge in [-0.2, -0.15) is 0 Å². The monoisotopic (exact) mass is 404 g/mol. The van der Waals surface area contributed by atoms with Gasteiger partial charge in [-0.05, 0) is 37.3 Å². The number of nitrogens with zero attached hydrogens (tertiary/aromatic N) is 2. The highest BCUT2D eigenvalue weighted by atomic mass is 32.1. The van der Waals surface area contributed by atoms with Crippen LogP contribution in [0.2, 0.25) is 0 Å². The molecule has 0 saturated carbocycles. The number of ketones is 1. The van der Waals surface area contributed by atoms with Crippen LogP contribution in [-0.4, -0.2) is 29.8 Å². The number of para-hydroxylation sites is 1. The molecule has 0 radical (unpaired) electrons. The molecule has 0 spiro atoms. The number of furan rings is 1. The van der Waals surface area contributed by atoms with Crippen LogP contribution in [0.25, 0.3) is 22.2 Å². The lowest BCUT2D eigenvalue weighted by atomic mass is 10.1. The van der Waals surface area contributed by atoms with Gasteiger partial charge in [0.2, 0.25) is 5.78 Å². The Balaban J connectivity index is 1.48. The molecule has 0 unspecified atom stereocenters. The molecule has 2 aromatic heterocycles. The number of amides is 1. The molecule has 4 aromatic rings. The van der Waals surface area contributed by atoms with Crippen LogP contribution in [0.1, 0.15) is 15.6 Å². The van der Waals surface area contributed by atoms with E-state index in [0.717, 1.165) is 21.7 Å². The fourth-order valence-corrected chi connectivity index (χ4v) is 3.99. The molecule has 5 rings (SSSR count). The molecule has 0 fully saturated rings. The van der Waals surface area contributed by atoms with Gasteiger partial charge in [0.25, 0.3) is 5.91 Å². The zero-order valence-electron chi connectivity index (χ0n) is 15.5. The third kappa shape index (κ3) is 3.19. The average molecular weight is 404 g/mol. The highest BCUT2D eigenvalue weighted by molar-refractivity contribution is 7.09. The lowest BCUT2D eigenvalue weighted by molar-refractivity contribution is -0.121. The molecule has 1 aliphatic rings. The number of rotatable bonds is 4. The fraction of sp³-hybridized carbons (Fsp3) is 0.136. The summed E-state index contributed by atoms with van der Waals surface area (Å²) in [6.07, 6.45) is 0. The van der Waals surface area contributed by atoms with E-state index in [1.807, 2.05) is 54.8 Å². The van der Waals surface area contributed by atoms with Crippen molar-refractivity contribution in [1.82, 2.24) is 4.98 Å². The Labute approximate surface area is 170 Å². The third-order valence-corrected chi connectivity index (χ3v) is 5.59. The highest BCUT2D eigenvalue weighted by Crippen LogP contribution is 2.36. The number of aromatic nitrogens is 1. The number of ether oxygens (including phenoxy) is 1. The third-order valence-electron chi connectivity index (χ3n) is 4.82. The Morgan fingerprint density at radius 3 is 2.86 bits per heavy atom. The first-order valence-corrected chi connectivity index (χ1v) is 9.98. The Hall–Kier alpha value is -3.45. The predicted octanol–water partition coefficient (Wildman–Crippen LogP) is 4.47. The maximum Gasteiger partial charge on any atom is 0.265 e. The van der Waals surface area contributed by atoms with E-state index in [4.69, 9.17) is 9.15 Å². The molecule has 0 N–H and O–H groups in total. The van der Waals surface area contributed by atoms with E-state index in [2.05, 4.69) is 4.98 Å². The summed E-state index contributed by atoms with van der Waals surface area (Å²) < 4.78 is 11.2. The first-order chi connectivity index (χ1) is 14.1. The molecular weight excluding hydrogens is 388 g/mol. The standard InChI is InChI=1S/C22H16N2O4S/c1-13-23-16(12-29-13)14-6-7-20-17(8-14)24(22(26)11-27-20)10-18(25)21-9-15-4-2-3-5-19(15)28-21/h2-9,12H,10-11H2,1H3. The van der Waals surface area contributed by atoms with Crippen LogP contribution in [0.5, 0.6) is 5.75 Å². The molecule has 0 saturated heterocycles. The van der Waals surface area contributed by atoms with Crippen molar-refractivity contribution in [3.05, 3.63) is 64.7 Å². The number of thiazole rings is 1. The van der Waals surface area contributed by atoms with E-state index in [9.17, 15) is 9.59 Å². The van der Waals surface area contributed by atoms with Crippen LogP contribution in [0.15, 0.2) is 58.3 Å². The minimum absolute atomic E-state index is 0.102. The number of Topliss-reactive ketones (excluding diaryl/α,β-unsaturated/α-hetero) is 1. The molecule has 144 valence electrons. The summed E-state index contributed by atoms with van der Waals surface area (Å²) in [7, 11) is 0. The van der Waals surface area contributed by atoms with Gasteiger partial charge in [-0.3, -0.25) is 14.5 Å². The van der Waals surface area contributed by atoms with Crippen LogP contribution in [0, 0.1) is 6.92 Å². The van der Waals surface area contributed by atoms with Crippen molar-refractivity contribution in [3.63, 3.8) is 0 Å². The predicted molar refractivity (Wildman–Crippen MR) is 111 cm³/mol. The summed E-state index contributed by atoms with van der Waals surface area (Å²) in [6.45, 7) is 1.72. The molecule has 0 bridgehead atoms. The van der Waals surface area contributed by atoms with Gasteiger partial charge in [-0.15, -0.1) is 11.3 Å². The number of benzene rings is 2. The number of carbonyl (C=O) groups is 2. The Kier molecular flexibility index (Phi) is 4.17. The number of anilines is 1. The summed E-state index contributed by atoms with van der Waals surface area (Å²) in [6, 6.07) is 14.7. The van der Waals surface area contributed by atoms with Crippen molar-refractivity contribution in [1.29, 1.82) is 0 Å². The Morgan fingerprint density at radius 1 is 1.21 bits per heavy atom. The minimum Gasteiger partial charge on any atom is -0.482 e. The first-order valence-electron chi connectivity index (χ1n) is 9.10. The lowest BCUT2D eigenvalue weighted by Crippen LogP contribution is -2.42. The quantitative estimate of drug-likeness (QED) is 0.469. The summed E-state index contributed by atoms with van der Waals surface area (Å²) in [5.74, 6) is 0.266. The second-order valence-electron chi connectivity index (χ2n) is 6.77. The van der Waals surface area contributed by atoms with Gasteiger partial charge in [-0.1, -0.05) is 18.2 Å². The van der Waals surface area contributed by atoms with Crippen molar-refractivity contribution in [2.45, 2.75) is 6.92 Å². The molecule has 7 heteroatoms. The van der Waals surface area contributed by atoms with E-state index in [1.165, 1.54) is 4.90 Å². The van der Waals surface area contributed by atoms with Gasteiger partial charge in [0.15, 0.2) is 12.4 Å². The molecule has 6 nitrogen and oxygen atoms in total. The molecular formula is C22H16N2O4S. The van der Waals surface area contributed by atoms with Crippen molar-refractivity contribution in [2.75, 3.05) is 18.1 Å². The maximum absolute atomic E-state index is 12.9. The number of fused-ring (bicyclic) bond motifs is 2. The van der Waals surface area contributed by atoms with Crippen LogP contribution < -0.4 is 9.64 Å².